The van der Waals surface area contributed by atoms with Gasteiger partial charge < -0.3 is 15.4 Å². The predicted molar refractivity (Wildman–Crippen MR) is 60.9 cm³/mol. The number of halogens is 1. The fourth-order valence-electron chi connectivity index (χ4n) is 1.53. The molecule has 0 radical (unpaired) electrons. The van der Waals surface area contributed by atoms with Gasteiger partial charge in [0.25, 0.3) is 0 Å². The summed E-state index contributed by atoms with van der Waals surface area (Å²) in [5.74, 6) is 0. The number of thiazole rings is 1. The number of methoxy groups -OCH3 is 1. The molecule has 1 saturated heterocycles. The lowest BCUT2D eigenvalue weighted by Crippen LogP contribution is -2.33. The quantitative estimate of drug-likeness (QED) is 0.875. The second kappa shape index (κ2) is 4.57. The van der Waals surface area contributed by atoms with Crippen LogP contribution in [0.3, 0.4) is 0 Å². The molecular weight excluding hydrogens is 266 g/mol. The molecule has 1 aromatic heterocycles. The Bertz CT molecular complexity index is 307. The maximum absolute atomic E-state index is 5.34. The van der Waals surface area contributed by atoms with Gasteiger partial charge in [0.1, 0.15) is 4.60 Å². The molecule has 1 aliphatic heterocycles. The first-order chi connectivity index (χ1) is 6.79. The number of hydrogen-bond acceptors (Lipinski definition) is 5. The number of aromatic nitrogens is 1. The first-order valence-electron chi connectivity index (χ1n) is 4.40. The van der Waals surface area contributed by atoms with Crippen molar-refractivity contribution in [1.29, 1.82) is 0 Å². The molecule has 0 aromatic carbocycles. The number of nitrogens with zero attached hydrogens (tertiary/aromatic N) is 1. The Morgan fingerprint density at radius 1 is 1.71 bits per heavy atom. The minimum atomic E-state index is 0.234. The SMILES string of the molecule is CO[C@H]1CNCC1Nc1nc(Br)cs1. The summed E-state index contributed by atoms with van der Waals surface area (Å²) in [6, 6.07) is 0.318. The van der Waals surface area contributed by atoms with Crippen LogP contribution >= 0.6 is 27.3 Å². The third kappa shape index (κ3) is 2.25. The van der Waals surface area contributed by atoms with Crippen LogP contribution in [0.5, 0.6) is 0 Å². The lowest BCUT2D eigenvalue weighted by Gasteiger charge is -2.17. The van der Waals surface area contributed by atoms with Gasteiger partial charge in [0, 0.05) is 25.6 Å². The summed E-state index contributed by atoms with van der Waals surface area (Å²) in [6.07, 6.45) is 0.234. The van der Waals surface area contributed by atoms with Gasteiger partial charge in [-0.1, -0.05) is 0 Å². The molecule has 2 N–H and O–H groups in total. The van der Waals surface area contributed by atoms with E-state index in [1.807, 2.05) is 5.38 Å². The van der Waals surface area contributed by atoms with Crippen molar-refractivity contribution in [2.24, 2.45) is 0 Å². The summed E-state index contributed by atoms with van der Waals surface area (Å²) in [7, 11) is 1.74. The Labute approximate surface area is 95.2 Å². The van der Waals surface area contributed by atoms with Gasteiger partial charge in [-0.3, -0.25) is 0 Å². The first kappa shape index (κ1) is 10.4. The standard InChI is InChI=1S/C8H12BrN3OS/c1-13-6-3-10-2-5(6)11-8-12-7(9)4-14-8/h4-6,10H,2-3H2,1H3,(H,11,12)/t5?,6-/m0/s1. The zero-order chi connectivity index (χ0) is 9.97. The molecule has 2 atom stereocenters. The van der Waals surface area contributed by atoms with Crippen LogP contribution in [0, 0.1) is 0 Å². The number of hydrogen-bond donors (Lipinski definition) is 2. The third-order valence-electron chi connectivity index (χ3n) is 2.25. The average molecular weight is 278 g/mol. The lowest BCUT2D eigenvalue weighted by atomic mass is 10.2. The molecule has 6 heteroatoms. The molecule has 0 amide bonds. The second-order valence-corrected chi connectivity index (χ2v) is 4.83. The molecule has 4 nitrogen and oxygen atoms in total. The predicted octanol–water partition coefficient (Wildman–Crippen LogP) is 1.30. The molecule has 0 aliphatic carbocycles. The number of anilines is 1. The van der Waals surface area contributed by atoms with Crippen molar-refractivity contribution in [2.45, 2.75) is 12.1 Å². The van der Waals surface area contributed by atoms with Crippen molar-refractivity contribution in [3.63, 3.8) is 0 Å². The zero-order valence-corrected chi connectivity index (χ0v) is 10.2. The van der Waals surface area contributed by atoms with Crippen molar-refractivity contribution in [3.05, 3.63) is 9.98 Å². The molecule has 0 saturated carbocycles. The highest BCUT2D eigenvalue weighted by Crippen LogP contribution is 2.21. The molecule has 1 aliphatic rings. The Morgan fingerprint density at radius 2 is 2.57 bits per heavy atom. The van der Waals surface area contributed by atoms with Crippen molar-refractivity contribution in [1.82, 2.24) is 10.3 Å². The summed E-state index contributed by atoms with van der Waals surface area (Å²) >= 11 is 4.92. The number of nitrogens with one attached hydrogen (secondary N) is 2. The summed E-state index contributed by atoms with van der Waals surface area (Å²) < 4.78 is 6.22. The van der Waals surface area contributed by atoms with Crippen LogP contribution in [0.15, 0.2) is 9.98 Å². The highest BCUT2D eigenvalue weighted by Gasteiger charge is 2.27. The monoisotopic (exact) mass is 277 g/mol. The van der Waals surface area contributed by atoms with Gasteiger partial charge in [-0.05, 0) is 15.9 Å². The molecule has 1 aromatic rings. The van der Waals surface area contributed by atoms with E-state index in [4.69, 9.17) is 4.74 Å². The van der Waals surface area contributed by atoms with E-state index in [-0.39, 0.29) is 6.10 Å². The van der Waals surface area contributed by atoms with E-state index in [9.17, 15) is 0 Å². The zero-order valence-electron chi connectivity index (χ0n) is 7.79. The van der Waals surface area contributed by atoms with Crippen molar-refractivity contribution < 1.29 is 4.74 Å². The van der Waals surface area contributed by atoms with Crippen LogP contribution in [0.4, 0.5) is 5.13 Å². The van der Waals surface area contributed by atoms with Crippen LogP contribution in [0.25, 0.3) is 0 Å². The second-order valence-electron chi connectivity index (χ2n) is 3.16. The fraction of sp³-hybridized carbons (Fsp3) is 0.625. The van der Waals surface area contributed by atoms with E-state index in [0.29, 0.717) is 6.04 Å². The minimum Gasteiger partial charge on any atom is -0.378 e. The van der Waals surface area contributed by atoms with Gasteiger partial charge in [-0.15, -0.1) is 11.3 Å². The van der Waals surface area contributed by atoms with Gasteiger partial charge in [0.2, 0.25) is 0 Å². The normalized spacial score (nSPS) is 26.7. The van der Waals surface area contributed by atoms with Crippen LogP contribution in [-0.2, 0) is 4.74 Å². The van der Waals surface area contributed by atoms with E-state index in [0.717, 1.165) is 22.8 Å². The van der Waals surface area contributed by atoms with Crippen LogP contribution in [0.2, 0.25) is 0 Å². The van der Waals surface area contributed by atoms with Gasteiger partial charge in [-0.25, -0.2) is 4.98 Å². The van der Waals surface area contributed by atoms with Gasteiger partial charge in [0.15, 0.2) is 5.13 Å². The highest BCUT2D eigenvalue weighted by atomic mass is 79.9. The van der Waals surface area contributed by atoms with E-state index in [2.05, 4.69) is 31.5 Å². The minimum absolute atomic E-state index is 0.234. The van der Waals surface area contributed by atoms with Crippen LogP contribution in [0.1, 0.15) is 0 Å². The van der Waals surface area contributed by atoms with Gasteiger partial charge in [0.05, 0.1) is 12.1 Å². The molecule has 1 unspecified atom stereocenters. The Hall–Kier alpha value is -0.170. The Morgan fingerprint density at radius 3 is 3.21 bits per heavy atom. The smallest absolute Gasteiger partial charge is 0.184 e. The van der Waals surface area contributed by atoms with Crippen molar-refractivity contribution in [3.8, 4) is 0 Å². The van der Waals surface area contributed by atoms with Crippen molar-refractivity contribution >= 4 is 32.4 Å². The lowest BCUT2D eigenvalue weighted by molar-refractivity contribution is 0.111. The number of rotatable bonds is 3. The molecule has 78 valence electrons. The van der Waals surface area contributed by atoms with Crippen molar-refractivity contribution in [2.75, 3.05) is 25.5 Å². The third-order valence-corrected chi connectivity index (χ3v) is 3.73. The molecule has 2 heterocycles. The maximum atomic E-state index is 5.34. The highest BCUT2D eigenvalue weighted by molar-refractivity contribution is 9.10. The topological polar surface area (TPSA) is 46.2 Å². The summed E-state index contributed by atoms with van der Waals surface area (Å²) in [6.45, 7) is 1.83. The molecule has 0 bridgehead atoms. The summed E-state index contributed by atoms with van der Waals surface area (Å²) in [4.78, 5) is 4.28. The molecular formula is C8H12BrN3OS. The Balaban J connectivity index is 1.96. The summed E-state index contributed by atoms with van der Waals surface area (Å²) in [5, 5.41) is 9.53. The van der Waals surface area contributed by atoms with Gasteiger partial charge in [-0.2, -0.15) is 0 Å². The summed E-state index contributed by atoms with van der Waals surface area (Å²) in [5.41, 5.74) is 0. The Kier molecular flexibility index (Phi) is 3.38. The number of ether oxygens (including phenoxy) is 1. The molecule has 1 fully saturated rings. The molecule has 14 heavy (non-hydrogen) atoms. The maximum Gasteiger partial charge on any atom is 0.184 e. The van der Waals surface area contributed by atoms with E-state index in [1.54, 1.807) is 18.4 Å². The van der Waals surface area contributed by atoms with E-state index >= 15 is 0 Å². The van der Waals surface area contributed by atoms with Gasteiger partial charge >= 0.3 is 0 Å². The average Bonchev–Trinajstić information content (AvgIpc) is 2.76. The van der Waals surface area contributed by atoms with E-state index < -0.39 is 0 Å². The molecule has 2 rings (SSSR count). The van der Waals surface area contributed by atoms with E-state index in [1.165, 1.54) is 0 Å². The van der Waals surface area contributed by atoms with Crippen LogP contribution < -0.4 is 10.6 Å². The molecule has 0 spiro atoms. The first-order valence-corrected chi connectivity index (χ1v) is 6.08. The fourth-order valence-corrected chi connectivity index (χ4v) is 2.73. The largest absolute Gasteiger partial charge is 0.378 e. The van der Waals surface area contributed by atoms with Crippen LogP contribution in [-0.4, -0.2) is 37.3 Å².